The Morgan fingerprint density at radius 2 is 1.87 bits per heavy atom. The zero-order valence-electron chi connectivity index (χ0n) is 12.1. The largest absolute Gasteiger partial charge is 0.447 e. The molecular formula is C18H13F2NO2. The highest BCUT2D eigenvalue weighted by Gasteiger charge is 2.45. The van der Waals surface area contributed by atoms with Gasteiger partial charge in [0.15, 0.2) is 0 Å². The first-order chi connectivity index (χ1) is 11.1. The number of fused-ring (bicyclic) bond motifs is 1. The number of nitrogens with zero attached hydrogens (tertiary/aromatic N) is 1. The van der Waals surface area contributed by atoms with Gasteiger partial charge in [-0.05, 0) is 29.3 Å². The standard InChI is InChI=1S/C18H13F2NO2/c19-12-6-7-15(20)13(8-12)14-9-16(11-4-2-1-3-5-11)21-17(14)10-23-18(21)22/h1-9,16-17H,10H2/t16-,17+/m1/s1. The van der Waals surface area contributed by atoms with E-state index in [0.29, 0.717) is 5.57 Å². The van der Waals surface area contributed by atoms with Crippen molar-refractivity contribution in [1.82, 2.24) is 4.90 Å². The summed E-state index contributed by atoms with van der Waals surface area (Å²) in [6.45, 7) is 0.143. The Morgan fingerprint density at radius 3 is 2.65 bits per heavy atom. The van der Waals surface area contributed by atoms with Crippen LogP contribution in [0.4, 0.5) is 13.6 Å². The van der Waals surface area contributed by atoms with Gasteiger partial charge in [-0.2, -0.15) is 0 Å². The summed E-state index contributed by atoms with van der Waals surface area (Å²) in [4.78, 5) is 13.6. The maximum atomic E-state index is 14.2. The molecule has 0 spiro atoms. The molecule has 1 amide bonds. The topological polar surface area (TPSA) is 29.5 Å². The number of cyclic esters (lactones) is 1. The number of hydrogen-bond acceptors (Lipinski definition) is 2. The van der Waals surface area contributed by atoms with E-state index in [1.165, 1.54) is 0 Å². The predicted octanol–water partition coefficient (Wildman–Crippen LogP) is 3.92. The molecule has 0 bridgehead atoms. The Kier molecular flexibility index (Phi) is 3.15. The van der Waals surface area contributed by atoms with E-state index in [1.807, 2.05) is 36.4 Å². The first-order valence-corrected chi connectivity index (χ1v) is 7.32. The smallest absolute Gasteiger partial charge is 0.411 e. The molecule has 0 saturated carbocycles. The van der Waals surface area contributed by atoms with Crippen molar-refractivity contribution in [2.24, 2.45) is 0 Å². The predicted molar refractivity (Wildman–Crippen MR) is 80.5 cm³/mol. The minimum Gasteiger partial charge on any atom is -0.447 e. The van der Waals surface area contributed by atoms with Crippen LogP contribution in [0.15, 0.2) is 54.6 Å². The van der Waals surface area contributed by atoms with Crippen LogP contribution in [0.25, 0.3) is 5.57 Å². The highest BCUT2D eigenvalue weighted by Crippen LogP contribution is 2.43. The Hall–Kier alpha value is -2.69. The van der Waals surface area contributed by atoms with Crippen molar-refractivity contribution >= 4 is 11.7 Å². The number of ether oxygens (including phenoxy) is 1. The molecule has 1 saturated heterocycles. The zero-order valence-corrected chi connectivity index (χ0v) is 12.1. The van der Waals surface area contributed by atoms with Gasteiger partial charge in [0.05, 0.1) is 12.1 Å². The lowest BCUT2D eigenvalue weighted by atomic mass is 9.99. The number of halogens is 2. The lowest BCUT2D eigenvalue weighted by Crippen LogP contribution is -2.31. The van der Waals surface area contributed by atoms with E-state index in [1.54, 1.807) is 4.90 Å². The first-order valence-electron chi connectivity index (χ1n) is 7.32. The van der Waals surface area contributed by atoms with Gasteiger partial charge in [0, 0.05) is 5.56 Å². The van der Waals surface area contributed by atoms with Crippen LogP contribution >= 0.6 is 0 Å². The Morgan fingerprint density at radius 1 is 1.09 bits per heavy atom. The van der Waals surface area contributed by atoms with Crippen LogP contribution in [0.2, 0.25) is 0 Å². The molecule has 0 unspecified atom stereocenters. The molecule has 116 valence electrons. The van der Waals surface area contributed by atoms with Crippen LogP contribution in [0.1, 0.15) is 17.2 Å². The molecule has 2 atom stereocenters. The van der Waals surface area contributed by atoms with Crippen LogP contribution in [-0.2, 0) is 4.74 Å². The summed E-state index contributed by atoms with van der Waals surface area (Å²) in [6.07, 6.45) is 1.38. The highest BCUT2D eigenvalue weighted by molar-refractivity contribution is 5.83. The fourth-order valence-electron chi connectivity index (χ4n) is 3.24. The molecule has 0 radical (unpaired) electrons. The molecule has 2 heterocycles. The zero-order chi connectivity index (χ0) is 16.0. The second kappa shape index (κ2) is 5.19. The molecule has 23 heavy (non-hydrogen) atoms. The van der Waals surface area contributed by atoms with Crippen LogP contribution in [0, 0.1) is 11.6 Å². The average molecular weight is 313 g/mol. The van der Waals surface area contributed by atoms with Crippen molar-refractivity contribution in [3.8, 4) is 0 Å². The molecule has 4 rings (SSSR count). The van der Waals surface area contributed by atoms with E-state index in [0.717, 1.165) is 23.8 Å². The molecule has 2 aliphatic rings. The minimum atomic E-state index is -0.512. The second-order valence-corrected chi connectivity index (χ2v) is 5.60. The number of carbonyl (C=O) groups is 1. The van der Waals surface area contributed by atoms with Gasteiger partial charge >= 0.3 is 6.09 Å². The summed E-state index contributed by atoms with van der Waals surface area (Å²) in [7, 11) is 0. The van der Waals surface area contributed by atoms with E-state index in [4.69, 9.17) is 4.74 Å². The van der Waals surface area contributed by atoms with Crippen molar-refractivity contribution in [2.75, 3.05) is 6.61 Å². The summed E-state index contributed by atoms with van der Waals surface area (Å²) < 4.78 is 32.8. The normalized spacial score (nSPS) is 22.8. The third kappa shape index (κ3) is 2.20. The Labute approximate surface area is 131 Å². The van der Waals surface area contributed by atoms with Crippen LogP contribution in [0.3, 0.4) is 0 Å². The van der Waals surface area contributed by atoms with E-state index in [2.05, 4.69) is 0 Å². The summed E-state index contributed by atoms with van der Waals surface area (Å²) in [5, 5.41) is 0. The SMILES string of the molecule is O=C1OC[C@H]2C(c3cc(F)ccc3F)=C[C@H](c3ccccc3)N12. The molecule has 2 aliphatic heterocycles. The molecule has 0 aliphatic carbocycles. The number of rotatable bonds is 2. The van der Waals surface area contributed by atoms with Gasteiger partial charge in [0.2, 0.25) is 0 Å². The summed E-state index contributed by atoms with van der Waals surface area (Å²) in [5.41, 5.74) is 1.67. The van der Waals surface area contributed by atoms with Crippen molar-refractivity contribution in [3.05, 3.63) is 77.4 Å². The van der Waals surface area contributed by atoms with Gasteiger partial charge in [-0.1, -0.05) is 36.4 Å². The molecule has 1 fully saturated rings. The molecule has 2 aromatic rings. The van der Waals surface area contributed by atoms with Gasteiger partial charge < -0.3 is 4.74 Å². The molecule has 3 nitrogen and oxygen atoms in total. The number of amides is 1. The van der Waals surface area contributed by atoms with Crippen molar-refractivity contribution < 1.29 is 18.3 Å². The van der Waals surface area contributed by atoms with E-state index >= 15 is 0 Å². The van der Waals surface area contributed by atoms with E-state index < -0.39 is 23.8 Å². The molecule has 2 aromatic carbocycles. The van der Waals surface area contributed by atoms with Crippen molar-refractivity contribution in [3.63, 3.8) is 0 Å². The first kappa shape index (κ1) is 13.9. The van der Waals surface area contributed by atoms with Gasteiger partial charge in [0.1, 0.15) is 18.2 Å². The fraction of sp³-hybridized carbons (Fsp3) is 0.167. The van der Waals surface area contributed by atoms with Crippen molar-refractivity contribution in [2.45, 2.75) is 12.1 Å². The summed E-state index contributed by atoms with van der Waals surface area (Å²) in [6, 6.07) is 12.0. The molecule has 0 aromatic heterocycles. The highest BCUT2D eigenvalue weighted by atomic mass is 19.1. The maximum Gasteiger partial charge on any atom is 0.411 e. The fourth-order valence-corrected chi connectivity index (χ4v) is 3.24. The lowest BCUT2D eigenvalue weighted by Gasteiger charge is -2.22. The van der Waals surface area contributed by atoms with Crippen LogP contribution in [0.5, 0.6) is 0 Å². The number of hydrogen-bond donors (Lipinski definition) is 0. The summed E-state index contributed by atoms with van der Waals surface area (Å²) in [5.74, 6) is -1.02. The van der Waals surface area contributed by atoms with Gasteiger partial charge in [0.25, 0.3) is 0 Å². The molecule has 5 heteroatoms. The van der Waals surface area contributed by atoms with Crippen LogP contribution in [-0.4, -0.2) is 23.6 Å². The number of benzene rings is 2. The second-order valence-electron chi connectivity index (χ2n) is 5.60. The minimum absolute atomic E-state index is 0.143. The van der Waals surface area contributed by atoms with Gasteiger partial charge in [-0.3, -0.25) is 4.90 Å². The molecule has 0 N–H and O–H groups in total. The maximum absolute atomic E-state index is 14.2. The monoisotopic (exact) mass is 313 g/mol. The average Bonchev–Trinajstić information content (AvgIpc) is 3.12. The molecular weight excluding hydrogens is 300 g/mol. The quantitative estimate of drug-likeness (QED) is 0.841. The van der Waals surface area contributed by atoms with Gasteiger partial charge in [-0.15, -0.1) is 0 Å². The van der Waals surface area contributed by atoms with Crippen LogP contribution < -0.4 is 0 Å². The number of carbonyl (C=O) groups excluding carboxylic acids is 1. The van der Waals surface area contributed by atoms with Crippen molar-refractivity contribution in [1.29, 1.82) is 0 Å². The third-order valence-corrected chi connectivity index (χ3v) is 4.29. The van der Waals surface area contributed by atoms with E-state index in [9.17, 15) is 13.6 Å². The summed E-state index contributed by atoms with van der Waals surface area (Å²) >= 11 is 0. The Balaban J connectivity index is 1.83. The Bertz CT molecular complexity index is 804. The lowest BCUT2D eigenvalue weighted by molar-refractivity contribution is 0.153. The third-order valence-electron chi connectivity index (χ3n) is 4.29. The van der Waals surface area contributed by atoms with Gasteiger partial charge in [-0.25, -0.2) is 13.6 Å². The van der Waals surface area contributed by atoms with E-state index in [-0.39, 0.29) is 18.2 Å².